The molecule has 5 N–H and O–H groups in total. The largest absolute Gasteiger partial charge is 0.398 e. The van der Waals surface area contributed by atoms with E-state index in [1.807, 2.05) is 6.07 Å². The van der Waals surface area contributed by atoms with Crippen molar-refractivity contribution >= 4 is 5.69 Å². The van der Waals surface area contributed by atoms with Gasteiger partial charge in [-0.3, -0.25) is 0 Å². The van der Waals surface area contributed by atoms with E-state index in [-0.39, 0.29) is 0 Å². The zero-order valence-electron chi connectivity index (χ0n) is 12.3. The Morgan fingerprint density at radius 1 is 1.00 bits per heavy atom. The van der Waals surface area contributed by atoms with Gasteiger partial charge in [0, 0.05) is 12.2 Å². The van der Waals surface area contributed by atoms with E-state index >= 15 is 0 Å². The van der Waals surface area contributed by atoms with Crippen molar-refractivity contribution in [3.63, 3.8) is 0 Å². The van der Waals surface area contributed by atoms with Gasteiger partial charge in [-0.2, -0.15) is 0 Å². The Morgan fingerprint density at radius 3 is 2.38 bits per heavy atom. The molecule has 0 saturated carbocycles. The Kier molecular flexibility index (Phi) is 4.23. The Labute approximate surface area is 126 Å². The summed E-state index contributed by atoms with van der Waals surface area (Å²) in [4.78, 5) is 0. The Bertz CT molecular complexity index is 601. The number of benzene rings is 2. The number of nitrogens with two attached hydrogens (primary N) is 2. The minimum absolute atomic E-state index is 0.514. The number of anilines is 1. The van der Waals surface area contributed by atoms with Crippen molar-refractivity contribution in [3.05, 3.63) is 53.6 Å². The van der Waals surface area contributed by atoms with Crippen LogP contribution in [-0.4, -0.2) is 13.1 Å². The summed E-state index contributed by atoms with van der Waals surface area (Å²) in [6.07, 6.45) is 2.31. The molecule has 3 heteroatoms. The van der Waals surface area contributed by atoms with Crippen LogP contribution in [0.15, 0.2) is 42.5 Å². The van der Waals surface area contributed by atoms with Gasteiger partial charge < -0.3 is 16.8 Å². The summed E-state index contributed by atoms with van der Waals surface area (Å²) >= 11 is 0. The summed E-state index contributed by atoms with van der Waals surface area (Å²) in [5.74, 6) is 0.566. The third-order valence-corrected chi connectivity index (χ3v) is 4.41. The smallest absolute Gasteiger partial charge is 0.0368 e. The summed E-state index contributed by atoms with van der Waals surface area (Å²) in [6.45, 7) is 2.66. The molecule has 0 spiro atoms. The standard InChI is InChI=1S/C18H23N3/c19-12-17-16(14-6-8-21-9-7-14)10-15(11-18(17)20)13-4-2-1-3-5-13/h1-5,10-11,14,21H,6-9,12,19-20H2. The highest BCUT2D eigenvalue weighted by Gasteiger charge is 2.20. The molecule has 1 fully saturated rings. The maximum absolute atomic E-state index is 6.28. The summed E-state index contributed by atoms with van der Waals surface area (Å²) in [5, 5.41) is 3.42. The van der Waals surface area contributed by atoms with Gasteiger partial charge in [0.15, 0.2) is 0 Å². The molecule has 0 aromatic heterocycles. The molecule has 0 radical (unpaired) electrons. The normalized spacial score (nSPS) is 16.0. The maximum Gasteiger partial charge on any atom is 0.0368 e. The minimum atomic E-state index is 0.514. The first-order chi connectivity index (χ1) is 10.3. The number of nitrogens with one attached hydrogen (secondary N) is 1. The van der Waals surface area contributed by atoms with Gasteiger partial charge in [-0.05, 0) is 60.2 Å². The molecule has 1 saturated heterocycles. The monoisotopic (exact) mass is 281 g/mol. The Morgan fingerprint density at radius 2 is 1.71 bits per heavy atom. The molecule has 0 bridgehead atoms. The summed E-state index contributed by atoms with van der Waals surface area (Å²) in [5.41, 5.74) is 17.9. The maximum atomic E-state index is 6.28. The van der Waals surface area contributed by atoms with Crippen LogP contribution in [0.1, 0.15) is 29.9 Å². The first-order valence-corrected chi connectivity index (χ1v) is 7.68. The second-order valence-corrected chi connectivity index (χ2v) is 5.73. The van der Waals surface area contributed by atoms with Gasteiger partial charge in [0.05, 0.1) is 0 Å². The molecular formula is C18H23N3. The van der Waals surface area contributed by atoms with E-state index in [2.05, 4.69) is 41.7 Å². The van der Waals surface area contributed by atoms with Crippen LogP contribution < -0.4 is 16.8 Å². The van der Waals surface area contributed by atoms with E-state index in [1.54, 1.807) is 0 Å². The van der Waals surface area contributed by atoms with Crippen LogP contribution >= 0.6 is 0 Å². The van der Waals surface area contributed by atoms with Crippen LogP contribution in [0.5, 0.6) is 0 Å². The Balaban J connectivity index is 2.06. The van der Waals surface area contributed by atoms with Crippen molar-refractivity contribution in [2.24, 2.45) is 5.73 Å². The number of hydrogen-bond acceptors (Lipinski definition) is 3. The van der Waals surface area contributed by atoms with Gasteiger partial charge in [0.1, 0.15) is 0 Å². The second-order valence-electron chi connectivity index (χ2n) is 5.73. The highest BCUT2D eigenvalue weighted by molar-refractivity contribution is 5.71. The molecule has 1 heterocycles. The van der Waals surface area contributed by atoms with Crippen LogP contribution in [0.2, 0.25) is 0 Å². The van der Waals surface area contributed by atoms with Gasteiger partial charge >= 0.3 is 0 Å². The molecule has 21 heavy (non-hydrogen) atoms. The molecule has 0 atom stereocenters. The van der Waals surface area contributed by atoms with E-state index in [4.69, 9.17) is 11.5 Å². The van der Waals surface area contributed by atoms with E-state index in [0.29, 0.717) is 12.5 Å². The van der Waals surface area contributed by atoms with Crippen LogP contribution in [0.4, 0.5) is 5.69 Å². The quantitative estimate of drug-likeness (QED) is 0.758. The van der Waals surface area contributed by atoms with Gasteiger partial charge in [0.25, 0.3) is 0 Å². The van der Waals surface area contributed by atoms with Crippen LogP contribution in [0.25, 0.3) is 11.1 Å². The molecule has 110 valence electrons. The topological polar surface area (TPSA) is 64.1 Å². The van der Waals surface area contributed by atoms with Crippen molar-refractivity contribution in [3.8, 4) is 11.1 Å². The molecule has 0 unspecified atom stereocenters. The number of hydrogen-bond donors (Lipinski definition) is 3. The molecule has 0 aliphatic carbocycles. The van der Waals surface area contributed by atoms with Crippen molar-refractivity contribution in [2.45, 2.75) is 25.3 Å². The van der Waals surface area contributed by atoms with Crippen molar-refractivity contribution in [1.82, 2.24) is 5.32 Å². The lowest BCUT2D eigenvalue weighted by Crippen LogP contribution is -2.27. The highest BCUT2D eigenvalue weighted by Crippen LogP contribution is 2.35. The molecular weight excluding hydrogens is 258 g/mol. The summed E-state index contributed by atoms with van der Waals surface area (Å²) in [7, 11) is 0. The zero-order chi connectivity index (χ0) is 14.7. The van der Waals surface area contributed by atoms with Crippen LogP contribution in [-0.2, 0) is 6.54 Å². The van der Waals surface area contributed by atoms with E-state index in [9.17, 15) is 0 Å². The summed E-state index contributed by atoms with van der Waals surface area (Å²) in [6, 6.07) is 14.8. The second kappa shape index (κ2) is 6.29. The number of piperidine rings is 1. The summed E-state index contributed by atoms with van der Waals surface area (Å²) < 4.78 is 0. The number of rotatable bonds is 3. The fraction of sp³-hybridized carbons (Fsp3) is 0.333. The fourth-order valence-corrected chi connectivity index (χ4v) is 3.25. The number of nitrogen functional groups attached to an aromatic ring is 1. The van der Waals surface area contributed by atoms with Gasteiger partial charge in [0.2, 0.25) is 0 Å². The minimum Gasteiger partial charge on any atom is -0.398 e. The lowest BCUT2D eigenvalue weighted by atomic mass is 9.84. The fourth-order valence-electron chi connectivity index (χ4n) is 3.25. The molecule has 0 amide bonds. The van der Waals surface area contributed by atoms with Crippen molar-refractivity contribution in [1.29, 1.82) is 0 Å². The van der Waals surface area contributed by atoms with Crippen molar-refractivity contribution < 1.29 is 0 Å². The first kappa shape index (κ1) is 14.1. The lowest BCUT2D eigenvalue weighted by molar-refractivity contribution is 0.458. The van der Waals surface area contributed by atoms with E-state index in [0.717, 1.165) is 37.2 Å². The third kappa shape index (κ3) is 2.94. The third-order valence-electron chi connectivity index (χ3n) is 4.41. The van der Waals surface area contributed by atoms with Gasteiger partial charge in [-0.1, -0.05) is 36.4 Å². The molecule has 1 aliphatic rings. The molecule has 2 aromatic carbocycles. The predicted molar refractivity (Wildman–Crippen MR) is 89.0 cm³/mol. The predicted octanol–water partition coefficient (Wildman–Crippen LogP) is 2.86. The van der Waals surface area contributed by atoms with E-state index in [1.165, 1.54) is 16.7 Å². The first-order valence-electron chi connectivity index (χ1n) is 7.68. The molecule has 3 nitrogen and oxygen atoms in total. The molecule has 1 aliphatic heterocycles. The van der Waals surface area contributed by atoms with Gasteiger partial charge in [-0.25, -0.2) is 0 Å². The highest BCUT2D eigenvalue weighted by atomic mass is 14.9. The SMILES string of the molecule is NCc1c(N)cc(-c2ccccc2)cc1C1CCNCC1. The van der Waals surface area contributed by atoms with Crippen molar-refractivity contribution in [2.75, 3.05) is 18.8 Å². The average Bonchev–Trinajstić information content (AvgIpc) is 2.55. The lowest BCUT2D eigenvalue weighted by Gasteiger charge is -2.26. The molecule has 2 aromatic rings. The Hall–Kier alpha value is -1.84. The van der Waals surface area contributed by atoms with Gasteiger partial charge in [-0.15, -0.1) is 0 Å². The van der Waals surface area contributed by atoms with E-state index < -0.39 is 0 Å². The zero-order valence-corrected chi connectivity index (χ0v) is 12.3. The van der Waals surface area contributed by atoms with Crippen LogP contribution in [0, 0.1) is 0 Å². The average molecular weight is 281 g/mol. The van der Waals surface area contributed by atoms with Crippen LogP contribution in [0.3, 0.4) is 0 Å². The molecule has 3 rings (SSSR count).